The van der Waals surface area contributed by atoms with Crippen LogP contribution >= 0.6 is 0 Å². The molecule has 0 aliphatic carbocycles. The molecule has 19 heavy (non-hydrogen) atoms. The van der Waals surface area contributed by atoms with Gasteiger partial charge >= 0.3 is 6.09 Å². The minimum absolute atomic E-state index is 0.381. The van der Waals surface area contributed by atoms with Gasteiger partial charge in [0.2, 0.25) is 0 Å². The Labute approximate surface area is 114 Å². The SMILES string of the molecule is CBc1ccc(OCCNC(=O)OC(C)(C)C)cn1. The van der Waals surface area contributed by atoms with Crippen molar-refractivity contribution in [3.05, 3.63) is 18.3 Å². The van der Waals surface area contributed by atoms with E-state index in [0.717, 1.165) is 12.9 Å². The van der Waals surface area contributed by atoms with Gasteiger partial charge in [0, 0.05) is 0 Å². The van der Waals surface area contributed by atoms with Crippen molar-refractivity contribution in [2.75, 3.05) is 13.2 Å². The number of pyridine rings is 1. The first-order chi connectivity index (χ1) is 8.90. The summed E-state index contributed by atoms with van der Waals surface area (Å²) in [6, 6.07) is 3.80. The van der Waals surface area contributed by atoms with Gasteiger partial charge in [0.25, 0.3) is 0 Å². The number of hydrogen-bond donors (Lipinski definition) is 1. The second-order valence-electron chi connectivity index (χ2n) is 5.12. The number of alkyl carbamates (subject to hydrolysis) is 1. The second-order valence-corrected chi connectivity index (χ2v) is 5.12. The first-order valence-corrected chi connectivity index (χ1v) is 6.45. The quantitative estimate of drug-likeness (QED) is 0.639. The highest BCUT2D eigenvalue weighted by Gasteiger charge is 2.15. The molecule has 0 saturated carbocycles. The van der Waals surface area contributed by atoms with Gasteiger partial charge in [0.05, 0.1) is 12.7 Å². The van der Waals surface area contributed by atoms with Crippen LogP contribution in [-0.2, 0) is 4.74 Å². The van der Waals surface area contributed by atoms with Crippen molar-refractivity contribution >= 4 is 19.0 Å². The van der Waals surface area contributed by atoms with Crippen molar-refractivity contribution in [2.24, 2.45) is 0 Å². The molecule has 0 aliphatic rings. The van der Waals surface area contributed by atoms with Gasteiger partial charge in [-0.15, -0.1) is 0 Å². The number of nitrogens with zero attached hydrogens (tertiary/aromatic N) is 1. The molecule has 0 fully saturated rings. The Morgan fingerprint density at radius 1 is 1.42 bits per heavy atom. The average molecular weight is 264 g/mol. The number of nitrogens with one attached hydrogen (secondary N) is 1. The monoisotopic (exact) mass is 264 g/mol. The second kappa shape index (κ2) is 7.02. The molecule has 0 atom stereocenters. The maximum absolute atomic E-state index is 11.4. The molecule has 5 nitrogen and oxygen atoms in total. The van der Waals surface area contributed by atoms with E-state index in [1.165, 1.54) is 0 Å². The molecule has 1 N–H and O–H groups in total. The lowest BCUT2D eigenvalue weighted by atomic mass is 9.78. The third-order valence-corrected chi connectivity index (χ3v) is 2.20. The van der Waals surface area contributed by atoms with Crippen molar-refractivity contribution in [3.63, 3.8) is 0 Å². The Morgan fingerprint density at radius 3 is 2.68 bits per heavy atom. The summed E-state index contributed by atoms with van der Waals surface area (Å²) in [6.45, 7) is 8.29. The number of aromatic nitrogens is 1. The molecule has 0 spiro atoms. The third kappa shape index (κ3) is 6.69. The molecular weight excluding hydrogens is 243 g/mol. The van der Waals surface area contributed by atoms with Gasteiger partial charge in [-0.1, -0.05) is 6.82 Å². The van der Waals surface area contributed by atoms with Crippen molar-refractivity contribution in [1.29, 1.82) is 0 Å². The summed E-state index contributed by atoms with van der Waals surface area (Å²) in [5.74, 6) is 0.697. The molecule has 0 unspecified atom stereocenters. The fraction of sp³-hybridized carbons (Fsp3) is 0.538. The number of ether oxygens (including phenoxy) is 2. The van der Waals surface area contributed by atoms with Crippen LogP contribution in [0.25, 0.3) is 0 Å². The molecule has 1 aromatic heterocycles. The van der Waals surface area contributed by atoms with Crippen LogP contribution in [0.5, 0.6) is 5.75 Å². The molecule has 6 heteroatoms. The van der Waals surface area contributed by atoms with Crippen LogP contribution in [0, 0.1) is 0 Å². The lowest BCUT2D eigenvalue weighted by Crippen LogP contribution is -2.34. The van der Waals surface area contributed by atoms with E-state index in [-0.39, 0.29) is 0 Å². The maximum Gasteiger partial charge on any atom is 0.407 e. The summed E-state index contributed by atoms with van der Waals surface area (Å²) >= 11 is 0. The lowest BCUT2D eigenvalue weighted by Gasteiger charge is -2.19. The molecule has 0 radical (unpaired) electrons. The Balaban J connectivity index is 2.21. The van der Waals surface area contributed by atoms with E-state index in [4.69, 9.17) is 9.47 Å². The highest BCUT2D eigenvalue weighted by Crippen LogP contribution is 2.06. The zero-order valence-electron chi connectivity index (χ0n) is 12.0. The van der Waals surface area contributed by atoms with Gasteiger partial charge in [0.15, 0.2) is 7.28 Å². The van der Waals surface area contributed by atoms with Crippen LogP contribution in [0.15, 0.2) is 18.3 Å². The van der Waals surface area contributed by atoms with Crippen LogP contribution in [0.2, 0.25) is 6.82 Å². The molecule has 0 bridgehead atoms. The van der Waals surface area contributed by atoms with Crippen LogP contribution in [0.3, 0.4) is 0 Å². The van der Waals surface area contributed by atoms with Crippen molar-refractivity contribution < 1.29 is 14.3 Å². The first kappa shape index (κ1) is 15.3. The van der Waals surface area contributed by atoms with E-state index in [2.05, 4.69) is 10.3 Å². The predicted octanol–water partition coefficient (Wildman–Crippen LogP) is 1.09. The van der Waals surface area contributed by atoms with Gasteiger partial charge < -0.3 is 14.8 Å². The van der Waals surface area contributed by atoms with Crippen molar-refractivity contribution in [3.8, 4) is 5.75 Å². The Bertz CT molecular complexity index is 401. The van der Waals surface area contributed by atoms with Gasteiger partial charge in [-0.25, -0.2) is 4.79 Å². The average Bonchev–Trinajstić information content (AvgIpc) is 2.33. The Kier molecular flexibility index (Phi) is 5.67. The van der Waals surface area contributed by atoms with Crippen LogP contribution in [-0.4, -0.2) is 37.1 Å². The zero-order chi connectivity index (χ0) is 14.3. The van der Waals surface area contributed by atoms with Gasteiger partial charge in [-0.05, 0) is 38.5 Å². The minimum atomic E-state index is -0.481. The predicted molar refractivity (Wildman–Crippen MR) is 76.6 cm³/mol. The molecule has 1 aromatic rings. The van der Waals surface area contributed by atoms with Gasteiger partial charge in [-0.3, -0.25) is 4.98 Å². The molecule has 1 amide bonds. The smallest absolute Gasteiger partial charge is 0.407 e. The third-order valence-electron chi connectivity index (χ3n) is 2.20. The summed E-state index contributed by atoms with van der Waals surface area (Å²) < 4.78 is 10.6. The van der Waals surface area contributed by atoms with E-state index in [9.17, 15) is 4.79 Å². The molecule has 0 aromatic carbocycles. The van der Waals surface area contributed by atoms with E-state index in [1.54, 1.807) is 6.20 Å². The maximum atomic E-state index is 11.4. The fourth-order valence-electron chi connectivity index (χ4n) is 1.34. The van der Waals surface area contributed by atoms with Gasteiger partial charge in [-0.2, -0.15) is 0 Å². The van der Waals surface area contributed by atoms with E-state index < -0.39 is 11.7 Å². The number of carbonyl (C=O) groups is 1. The highest BCUT2D eigenvalue weighted by molar-refractivity contribution is 6.50. The van der Waals surface area contributed by atoms with Crippen LogP contribution in [0.1, 0.15) is 20.8 Å². The van der Waals surface area contributed by atoms with Crippen molar-refractivity contribution in [2.45, 2.75) is 33.2 Å². The normalized spacial score (nSPS) is 10.7. The number of carbonyl (C=O) groups excluding carboxylic acids is 1. The molecule has 104 valence electrons. The van der Waals surface area contributed by atoms with Crippen molar-refractivity contribution in [1.82, 2.24) is 10.3 Å². The Morgan fingerprint density at radius 2 is 2.16 bits per heavy atom. The molecular formula is C13H21BN2O3. The van der Waals surface area contributed by atoms with E-state index >= 15 is 0 Å². The largest absolute Gasteiger partial charge is 0.490 e. The molecule has 1 heterocycles. The highest BCUT2D eigenvalue weighted by atomic mass is 16.6. The summed E-state index contributed by atoms with van der Waals surface area (Å²) in [5, 5.41) is 2.63. The first-order valence-electron chi connectivity index (χ1n) is 6.45. The number of amides is 1. The summed E-state index contributed by atoms with van der Waals surface area (Å²) in [5.41, 5.74) is 0.546. The minimum Gasteiger partial charge on any atom is -0.490 e. The topological polar surface area (TPSA) is 60.5 Å². The fourth-order valence-corrected chi connectivity index (χ4v) is 1.34. The summed E-state index contributed by atoms with van der Waals surface area (Å²) in [6.07, 6.45) is 1.25. The summed E-state index contributed by atoms with van der Waals surface area (Å²) in [7, 11) is 0.903. The van der Waals surface area contributed by atoms with Crippen LogP contribution in [0.4, 0.5) is 4.79 Å². The molecule has 0 aliphatic heterocycles. The van der Waals surface area contributed by atoms with Gasteiger partial charge in [0.1, 0.15) is 18.0 Å². The lowest BCUT2D eigenvalue weighted by molar-refractivity contribution is 0.0520. The molecule has 0 saturated heterocycles. The van der Waals surface area contributed by atoms with E-state index in [0.29, 0.717) is 18.9 Å². The standard InChI is InChI=1S/C13H21BN2O3/c1-13(2,3)19-12(17)15-7-8-18-10-5-6-11(14-4)16-9-10/h5-6,9,14H,7-8H2,1-4H3,(H,15,17). The van der Waals surface area contributed by atoms with E-state index in [1.807, 2.05) is 39.7 Å². The Hall–Kier alpha value is -1.72. The summed E-state index contributed by atoms with van der Waals surface area (Å²) in [4.78, 5) is 15.6. The molecule has 1 rings (SSSR count). The zero-order valence-corrected chi connectivity index (χ0v) is 12.0. The number of rotatable bonds is 5. The van der Waals surface area contributed by atoms with Crippen LogP contribution < -0.4 is 15.6 Å². The number of hydrogen-bond acceptors (Lipinski definition) is 4.